The summed E-state index contributed by atoms with van der Waals surface area (Å²) >= 11 is 1.61. The maximum atomic E-state index is 12.2. The molecule has 0 unspecified atom stereocenters. The van der Waals surface area contributed by atoms with Crippen molar-refractivity contribution in [2.75, 3.05) is 26.8 Å². The van der Waals surface area contributed by atoms with Crippen LogP contribution < -0.4 is 9.47 Å². The highest BCUT2D eigenvalue weighted by molar-refractivity contribution is 7.19. The van der Waals surface area contributed by atoms with E-state index in [4.69, 9.17) is 9.47 Å². The van der Waals surface area contributed by atoms with Gasteiger partial charge in [0.15, 0.2) is 6.61 Å². The molecule has 5 nitrogen and oxygen atoms in total. The van der Waals surface area contributed by atoms with Crippen LogP contribution in [0.4, 0.5) is 0 Å². The zero-order valence-electron chi connectivity index (χ0n) is 15.8. The summed E-state index contributed by atoms with van der Waals surface area (Å²) in [5.41, 5.74) is 1.87. The molecule has 1 aliphatic rings. The minimum atomic E-state index is 0.0522. The molecule has 0 aliphatic carbocycles. The molecule has 144 valence electrons. The lowest BCUT2D eigenvalue weighted by atomic mass is 10.2. The SMILES string of the molecule is COc1ccc2nc(/C=C/c3ccccc3OCC(=O)N3CCCC3)sc2c1. The Balaban J connectivity index is 1.47. The second-order valence-electron chi connectivity index (χ2n) is 6.63. The van der Waals surface area contributed by atoms with Crippen molar-refractivity contribution in [2.24, 2.45) is 0 Å². The monoisotopic (exact) mass is 394 g/mol. The van der Waals surface area contributed by atoms with E-state index in [-0.39, 0.29) is 12.5 Å². The second kappa shape index (κ2) is 8.44. The summed E-state index contributed by atoms with van der Waals surface area (Å²) in [6, 6.07) is 13.6. The first-order valence-corrected chi connectivity index (χ1v) is 10.2. The van der Waals surface area contributed by atoms with E-state index in [1.165, 1.54) is 0 Å². The lowest BCUT2D eigenvalue weighted by molar-refractivity contribution is -0.132. The fraction of sp³-hybridized carbons (Fsp3) is 0.273. The van der Waals surface area contributed by atoms with Gasteiger partial charge >= 0.3 is 0 Å². The zero-order chi connectivity index (χ0) is 19.3. The maximum Gasteiger partial charge on any atom is 0.260 e. The Morgan fingerprint density at radius 2 is 2.00 bits per heavy atom. The zero-order valence-corrected chi connectivity index (χ0v) is 16.6. The highest BCUT2D eigenvalue weighted by Crippen LogP contribution is 2.28. The van der Waals surface area contributed by atoms with Gasteiger partial charge in [0.1, 0.15) is 16.5 Å². The third kappa shape index (κ3) is 4.17. The minimum absolute atomic E-state index is 0.0522. The van der Waals surface area contributed by atoms with Gasteiger partial charge in [-0.3, -0.25) is 4.79 Å². The normalized spacial score (nSPS) is 14.1. The molecule has 4 rings (SSSR count). The third-order valence-electron chi connectivity index (χ3n) is 4.75. The largest absolute Gasteiger partial charge is 0.497 e. The number of aromatic nitrogens is 1. The van der Waals surface area contributed by atoms with Crippen LogP contribution in [0.2, 0.25) is 0 Å². The Hall–Kier alpha value is -2.86. The Morgan fingerprint density at radius 3 is 2.82 bits per heavy atom. The van der Waals surface area contributed by atoms with Gasteiger partial charge in [0.25, 0.3) is 5.91 Å². The minimum Gasteiger partial charge on any atom is -0.497 e. The molecule has 1 amide bonds. The molecule has 0 N–H and O–H groups in total. The summed E-state index contributed by atoms with van der Waals surface area (Å²) in [4.78, 5) is 18.7. The molecule has 1 aliphatic heterocycles. The fourth-order valence-electron chi connectivity index (χ4n) is 3.23. The number of para-hydroxylation sites is 1. The van der Waals surface area contributed by atoms with Gasteiger partial charge in [-0.2, -0.15) is 0 Å². The van der Waals surface area contributed by atoms with Crippen molar-refractivity contribution < 1.29 is 14.3 Å². The van der Waals surface area contributed by atoms with Crippen molar-refractivity contribution in [1.82, 2.24) is 9.88 Å². The lowest BCUT2D eigenvalue weighted by Gasteiger charge is -2.16. The van der Waals surface area contributed by atoms with Crippen LogP contribution in [0.1, 0.15) is 23.4 Å². The van der Waals surface area contributed by atoms with E-state index in [0.29, 0.717) is 5.75 Å². The number of amides is 1. The number of hydrogen-bond donors (Lipinski definition) is 0. The molecular formula is C22H22N2O3S. The Kier molecular flexibility index (Phi) is 5.58. The van der Waals surface area contributed by atoms with Gasteiger partial charge in [-0.25, -0.2) is 4.98 Å². The third-order valence-corrected chi connectivity index (χ3v) is 5.73. The molecule has 0 bridgehead atoms. The quantitative estimate of drug-likeness (QED) is 0.619. The van der Waals surface area contributed by atoms with Crippen LogP contribution >= 0.6 is 11.3 Å². The van der Waals surface area contributed by atoms with Crippen LogP contribution in [0.15, 0.2) is 42.5 Å². The van der Waals surface area contributed by atoms with Crippen molar-refractivity contribution >= 4 is 39.6 Å². The first kappa shape index (κ1) is 18.5. The Morgan fingerprint density at radius 1 is 1.18 bits per heavy atom. The van der Waals surface area contributed by atoms with Crippen molar-refractivity contribution in [3.8, 4) is 11.5 Å². The summed E-state index contributed by atoms with van der Waals surface area (Å²) < 4.78 is 12.2. The number of fused-ring (bicyclic) bond motifs is 1. The van der Waals surface area contributed by atoms with E-state index < -0.39 is 0 Å². The standard InChI is InChI=1S/C22H22N2O3S/c1-26-17-9-10-18-20(14-17)28-21(23-18)11-8-16-6-2-3-7-19(16)27-15-22(25)24-12-4-5-13-24/h2-3,6-11,14H,4-5,12-13,15H2,1H3/b11-8+. The van der Waals surface area contributed by atoms with Gasteiger partial charge in [-0.05, 0) is 49.3 Å². The first-order valence-electron chi connectivity index (χ1n) is 9.35. The molecule has 3 aromatic rings. The number of carbonyl (C=O) groups excluding carboxylic acids is 1. The number of thiazole rings is 1. The molecule has 28 heavy (non-hydrogen) atoms. The highest BCUT2D eigenvalue weighted by atomic mass is 32.1. The van der Waals surface area contributed by atoms with E-state index in [9.17, 15) is 4.79 Å². The smallest absolute Gasteiger partial charge is 0.260 e. The van der Waals surface area contributed by atoms with Crippen LogP contribution in [-0.2, 0) is 4.79 Å². The van der Waals surface area contributed by atoms with Gasteiger partial charge in [-0.1, -0.05) is 18.2 Å². The molecule has 0 radical (unpaired) electrons. The molecule has 6 heteroatoms. The predicted octanol–water partition coefficient (Wildman–Crippen LogP) is 4.48. The number of benzene rings is 2. The van der Waals surface area contributed by atoms with E-state index in [2.05, 4.69) is 4.98 Å². The molecular weight excluding hydrogens is 372 g/mol. The van der Waals surface area contributed by atoms with Gasteiger partial charge < -0.3 is 14.4 Å². The molecule has 0 spiro atoms. The van der Waals surface area contributed by atoms with E-state index in [1.807, 2.05) is 59.5 Å². The van der Waals surface area contributed by atoms with Crippen molar-refractivity contribution in [3.63, 3.8) is 0 Å². The highest BCUT2D eigenvalue weighted by Gasteiger charge is 2.18. The van der Waals surface area contributed by atoms with Crippen LogP contribution in [0.25, 0.3) is 22.4 Å². The summed E-state index contributed by atoms with van der Waals surface area (Å²) in [7, 11) is 1.66. The number of ether oxygens (including phenoxy) is 2. The number of likely N-dealkylation sites (tertiary alicyclic amines) is 1. The van der Waals surface area contributed by atoms with E-state index in [1.54, 1.807) is 18.4 Å². The molecule has 1 saturated heterocycles. The number of rotatable bonds is 6. The molecule has 1 aromatic heterocycles. The Labute approximate surface area is 168 Å². The number of carbonyl (C=O) groups is 1. The predicted molar refractivity (Wildman–Crippen MR) is 113 cm³/mol. The van der Waals surface area contributed by atoms with Crippen LogP contribution in [-0.4, -0.2) is 42.6 Å². The summed E-state index contributed by atoms with van der Waals surface area (Å²) in [5, 5.41) is 0.909. The molecule has 2 heterocycles. The molecule has 1 fully saturated rings. The van der Waals surface area contributed by atoms with Crippen LogP contribution in [0, 0.1) is 0 Å². The lowest BCUT2D eigenvalue weighted by Crippen LogP contribution is -2.32. The first-order chi connectivity index (χ1) is 13.7. The topological polar surface area (TPSA) is 51.7 Å². The Bertz CT molecular complexity index is 1010. The van der Waals surface area contributed by atoms with E-state index >= 15 is 0 Å². The molecule has 2 aromatic carbocycles. The van der Waals surface area contributed by atoms with E-state index in [0.717, 1.165) is 52.5 Å². The van der Waals surface area contributed by atoms with Crippen molar-refractivity contribution in [2.45, 2.75) is 12.8 Å². The van der Waals surface area contributed by atoms with Crippen molar-refractivity contribution in [1.29, 1.82) is 0 Å². The van der Waals surface area contributed by atoms with Crippen molar-refractivity contribution in [3.05, 3.63) is 53.0 Å². The summed E-state index contributed by atoms with van der Waals surface area (Å²) in [6.07, 6.45) is 6.12. The summed E-state index contributed by atoms with van der Waals surface area (Å²) in [6.45, 7) is 1.75. The van der Waals surface area contributed by atoms with Gasteiger partial charge in [-0.15, -0.1) is 11.3 Å². The number of nitrogens with zero attached hydrogens (tertiary/aromatic N) is 2. The van der Waals surface area contributed by atoms with Gasteiger partial charge in [0.2, 0.25) is 0 Å². The summed E-state index contributed by atoms with van der Waals surface area (Å²) in [5.74, 6) is 1.58. The number of methoxy groups -OCH3 is 1. The number of hydrogen-bond acceptors (Lipinski definition) is 5. The second-order valence-corrected chi connectivity index (χ2v) is 7.70. The molecule has 0 saturated carbocycles. The van der Waals surface area contributed by atoms with Gasteiger partial charge in [0.05, 0.1) is 17.3 Å². The average Bonchev–Trinajstić information content (AvgIpc) is 3.40. The van der Waals surface area contributed by atoms with Crippen LogP contribution in [0.3, 0.4) is 0 Å². The molecule has 0 atom stereocenters. The van der Waals surface area contributed by atoms with Gasteiger partial charge in [0, 0.05) is 18.7 Å². The fourth-order valence-corrected chi connectivity index (χ4v) is 4.13. The maximum absolute atomic E-state index is 12.2. The average molecular weight is 394 g/mol. The van der Waals surface area contributed by atoms with Crippen LogP contribution in [0.5, 0.6) is 11.5 Å².